The molecule has 9 heavy (non-hydrogen) atoms. The molecule has 0 aromatic heterocycles. The molecule has 0 atom stereocenters. The largest absolute Gasteiger partial charge is 0.0648 e. The highest BCUT2D eigenvalue weighted by molar-refractivity contribution is 4.87. The van der Waals surface area contributed by atoms with E-state index in [9.17, 15) is 0 Å². The van der Waals surface area contributed by atoms with Gasteiger partial charge in [-0.25, -0.2) is 0 Å². The summed E-state index contributed by atoms with van der Waals surface area (Å²) in [5, 5.41) is 0. The maximum absolute atomic E-state index is 2.24. The molecule has 0 spiro atoms. The van der Waals surface area contributed by atoms with Crippen molar-refractivity contribution in [1.29, 1.82) is 0 Å². The van der Waals surface area contributed by atoms with E-state index in [1.165, 1.54) is 19.3 Å². The standard InChI is InChI=1S/C9H18/c1-5-9(4)7-6-8(2)3/h5-7H2,1-4H3. The van der Waals surface area contributed by atoms with Gasteiger partial charge in [-0.15, -0.1) is 0 Å². The highest BCUT2D eigenvalue weighted by atomic mass is 14.1. The summed E-state index contributed by atoms with van der Waals surface area (Å²) in [5.74, 6) is 3.17. The zero-order valence-corrected chi connectivity index (χ0v) is 7.12. The van der Waals surface area contributed by atoms with E-state index in [4.69, 9.17) is 0 Å². The number of hydrogen-bond acceptors (Lipinski definition) is 0. The van der Waals surface area contributed by atoms with Crippen molar-refractivity contribution in [3.8, 4) is 0 Å². The van der Waals surface area contributed by atoms with E-state index in [-0.39, 0.29) is 0 Å². The number of hydrogen-bond donors (Lipinski definition) is 0. The number of rotatable bonds is 4. The highest BCUT2D eigenvalue weighted by Crippen LogP contribution is 2.16. The van der Waals surface area contributed by atoms with Crippen LogP contribution < -0.4 is 0 Å². The Balaban J connectivity index is 3.06. The van der Waals surface area contributed by atoms with Crippen molar-refractivity contribution in [2.45, 2.75) is 47.0 Å². The van der Waals surface area contributed by atoms with Crippen LogP contribution in [-0.2, 0) is 0 Å². The van der Waals surface area contributed by atoms with Gasteiger partial charge in [0.25, 0.3) is 0 Å². The summed E-state index contributed by atoms with van der Waals surface area (Å²) in [6.45, 7) is 8.86. The summed E-state index contributed by atoms with van der Waals surface area (Å²) < 4.78 is 0. The average Bonchev–Trinajstić information content (AvgIpc) is 1.83. The van der Waals surface area contributed by atoms with E-state index in [0.29, 0.717) is 0 Å². The van der Waals surface area contributed by atoms with Gasteiger partial charge in [-0.05, 0) is 24.7 Å². The van der Waals surface area contributed by atoms with Crippen LogP contribution in [0, 0.1) is 11.8 Å². The van der Waals surface area contributed by atoms with E-state index in [0.717, 1.165) is 0 Å². The van der Waals surface area contributed by atoms with Gasteiger partial charge in [0, 0.05) is 0 Å². The topological polar surface area (TPSA) is 0 Å². The molecule has 0 unspecified atom stereocenters. The Morgan fingerprint density at radius 2 is 1.56 bits per heavy atom. The van der Waals surface area contributed by atoms with Gasteiger partial charge in [-0.1, -0.05) is 34.1 Å². The van der Waals surface area contributed by atoms with Crippen molar-refractivity contribution in [2.75, 3.05) is 0 Å². The molecular weight excluding hydrogens is 108 g/mol. The van der Waals surface area contributed by atoms with Crippen LogP contribution in [-0.4, -0.2) is 0 Å². The molecule has 0 bridgehead atoms. The van der Waals surface area contributed by atoms with Crippen LogP contribution in [0.2, 0.25) is 0 Å². The first-order valence-electron chi connectivity index (χ1n) is 3.77. The first-order chi connectivity index (χ1) is 4.16. The minimum Gasteiger partial charge on any atom is -0.0648 e. The van der Waals surface area contributed by atoms with Crippen molar-refractivity contribution >= 4 is 0 Å². The third-order valence-electron chi connectivity index (χ3n) is 1.66. The Morgan fingerprint density at radius 1 is 1.00 bits per heavy atom. The fraction of sp³-hybridized carbons (Fsp3) is 0.778. The first-order valence-corrected chi connectivity index (χ1v) is 3.77. The summed E-state index contributed by atoms with van der Waals surface area (Å²) in [5.41, 5.74) is 0. The Kier molecular flexibility index (Phi) is 4.84. The molecule has 0 amide bonds. The summed E-state index contributed by atoms with van der Waals surface area (Å²) in [6, 6.07) is 0. The molecule has 2 radical (unpaired) electrons. The lowest BCUT2D eigenvalue weighted by Crippen LogP contribution is -1.92. The predicted octanol–water partition coefficient (Wildman–Crippen LogP) is 3.39. The van der Waals surface area contributed by atoms with Gasteiger partial charge in [0.2, 0.25) is 0 Å². The van der Waals surface area contributed by atoms with Crippen LogP contribution in [0.25, 0.3) is 0 Å². The maximum atomic E-state index is 2.24. The minimum absolute atomic E-state index is 1.24. The van der Waals surface area contributed by atoms with Gasteiger partial charge in [0.15, 0.2) is 0 Å². The lowest BCUT2D eigenvalue weighted by molar-refractivity contribution is 0.715. The van der Waals surface area contributed by atoms with Crippen LogP contribution in [0.15, 0.2) is 0 Å². The molecule has 0 aromatic carbocycles. The zero-order chi connectivity index (χ0) is 7.28. The van der Waals surface area contributed by atoms with Crippen LogP contribution in [0.5, 0.6) is 0 Å². The molecule has 0 heteroatoms. The summed E-state index contributed by atoms with van der Waals surface area (Å²) in [7, 11) is 0. The zero-order valence-electron chi connectivity index (χ0n) is 7.12. The molecule has 0 aliphatic heterocycles. The van der Waals surface area contributed by atoms with Gasteiger partial charge in [-0.2, -0.15) is 0 Å². The second-order valence-electron chi connectivity index (χ2n) is 3.02. The molecule has 0 aliphatic rings. The smallest absolute Gasteiger partial charge is 0.0274 e. The van der Waals surface area contributed by atoms with Gasteiger partial charge >= 0.3 is 0 Å². The summed E-state index contributed by atoms with van der Waals surface area (Å²) in [4.78, 5) is 0. The molecule has 0 fully saturated rings. The van der Waals surface area contributed by atoms with E-state index in [2.05, 4.69) is 27.7 Å². The van der Waals surface area contributed by atoms with Crippen LogP contribution in [0.1, 0.15) is 47.0 Å². The van der Waals surface area contributed by atoms with E-state index in [1.54, 1.807) is 11.8 Å². The third-order valence-corrected chi connectivity index (χ3v) is 1.66. The second kappa shape index (κ2) is 4.84. The SMILES string of the molecule is CC[C](C)CC[C](C)C. The molecule has 54 valence electrons. The average molecular weight is 126 g/mol. The maximum Gasteiger partial charge on any atom is -0.0274 e. The predicted molar refractivity (Wildman–Crippen MR) is 43.0 cm³/mol. The first kappa shape index (κ1) is 9.00. The van der Waals surface area contributed by atoms with Crippen molar-refractivity contribution < 1.29 is 0 Å². The normalized spacial score (nSPS) is 11.3. The molecule has 0 aromatic rings. The van der Waals surface area contributed by atoms with Crippen LogP contribution in [0.4, 0.5) is 0 Å². The van der Waals surface area contributed by atoms with E-state index >= 15 is 0 Å². The third kappa shape index (κ3) is 5.88. The highest BCUT2D eigenvalue weighted by Gasteiger charge is 2.00. The summed E-state index contributed by atoms with van der Waals surface area (Å²) >= 11 is 0. The Morgan fingerprint density at radius 3 is 1.89 bits per heavy atom. The molecule has 0 heterocycles. The van der Waals surface area contributed by atoms with Crippen molar-refractivity contribution in [1.82, 2.24) is 0 Å². The quantitative estimate of drug-likeness (QED) is 0.541. The van der Waals surface area contributed by atoms with Crippen molar-refractivity contribution in [3.63, 3.8) is 0 Å². The van der Waals surface area contributed by atoms with Crippen LogP contribution in [0.3, 0.4) is 0 Å². The van der Waals surface area contributed by atoms with Crippen LogP contribution >= 0.6 is 0 Å². The molecule has 0 nitrogen and oxygen atoms in total. The van der Waals surface area contributed by atoms with Crippen molar-refractivity contribution in [3.05, 3.63) is 11.8 Å². The Bertz CT molecular complexity index is 55.1. The molecule has 0 rings (SSSR count). The molecule has 0 aliphatic carbocycles. The molecular formula is C9H18. The fourth-order valence-corrected chi connectivity index (χ4v) is 0.640. The summed E-state index contributed by atoms with van der Waals surface area (Å²) in [6.07, 6.45) is 3.81. The molecule has 0 saturated heterocycles. The monoisotopic (exact) mass is 126 g/mol. The van der Waals surface area contributed by atoms with Crippen molar-refractivity contribution in [2.24, 2.45) is 0 Å². The van der Waals surface area contributed by atoms with E-state index < -0.39 is 0 Å². The van der Waals surface area contributed by atoms with Gasteiger partial charge in [0.05, 0.1) is 0 Å². The Labute approximate surface area is 59.7 Å². The lowest BCUT2D eigenvalue weighted by atomic mass is 9.98. The lowest BCUT2D eigenvalue weighted by Gasteiger charge is -2.08. The Hall–Kier alpha value is 0. The fourth-order valence-electron chi connectivity index (χ4n) is 0.640. The van der Waals surface area contributed by atoms with Gasteiger partial charge in [0.1, 0.15) is 0 Å². The second-order valence-corrected chi connectivity index (χ2v) is 3.02. The van der Waals surface area contributed by atoms with E-state index in [1.807, 2.05) is 0 Å². The minimum atomic E-state index is 1.24. The van der Waals surface area contributed by atoms with Gasteiger partial charge in [-0.3, -0.25) is 0 Å². The molecule has 0 saturated carbocycles. The molecule has 0 N–H and O–H groups in total. The van der Waals surface area contributed by atoms with Gasteiger partial charge < -0.3 is 0 Å².